The minimum absolute atomic E-state index is 0.0351. The van der Waals surface area contributed by atoms with Crippen LogP contribution in [0.5, 0.6) is 0 Å². The van der Waals surface area contributed by atoms with Gasteiger partial charge in [0.1, 0.15) is 0 Å². The molecular formula is C10H20N2O. The van der Waals surface area contributed by atoms with Gasteiger partial charge >= 0.3 is 0 Å². The van der Waals surface area contributed by atoms with E-state index in [2.05, 4.69) is 26.1 Å². The van der Waals surface area contributed by atoms with E-state index in [0.717, 1.165) is 19.4 Å². The molecule has 0 aromatic rings. The van der Waals surface area contributed by atoms with Crippen LogP contribution < -0.4 is 5.32 Å². The van der Waals surface area contributed by atoms with Crippen LogP contribution in [0.1, 0.15) is 33.6 Å². The van der Waals surface area contributed by atoms with Crippen LogP contribution in [0, 0.1) is 0 Å². The summed E-state index contributed by atoms with van der Waals surface area (Å²) in [5.74, 6) is 0.251. The summed E-state index contributed by atoms with van der Waals surface area (Å²) in [6.07, 6.45) is 2.08. The molecule has 1 N–H and O–H groups in total. The summed E-state index contributed by atoms with van der Waals surface area (Å²) >= 11 is 0. The van der Waals surface area contributed by atoms with E-state index in [1.54, 1.807) is 0 Å². The molecule has 13 heavy (non-hydrogen) atoms. The third-order valence-corrected chi connectivity index (χ3v) is 2.60. The summed E-state index contributed by atoms with van der Waals surface area (Å²) in [7, 11) is 1.86. The van der Waals surface area contributed by atoms with Crippen LogP contribution in [0.4, 0.5) is 0 Å². The van der Waals surface area contributed by atoms with Crippen LogP contribution in [0.3, 0.4) is 0 Å². The van der Waals surface area contributed by atoms with Gasteiger partial charge in [0.05, 0.1) is 6.04 Å². The average Bonchev–Trinajstić information content (AvgIpc) is 2.02. The first-order chi connectivity index (χ1) is 5.96. The number of hydrogen-bond donors (Lipinski definition) is 1. The maximum atomic E-state index is 11.9. The van der Waals surface area contributed by atoms with Crippen molar-refractivity contribution in [3.63, 3.8) is 0 Å². The van der Waals surface area contributed by atoms with E-state index in [1.807, 2.05) is 11.9 Å². The summed E-state index contributed by atoms with van der Waals surface area (Å²) in [6, 6.07) is 0.0352. The Morgan fingerprint density at radius 2 is 2.08 bits per heavy atom. The zero-order valence-corrected chi connectivity index (χ0v) is 9.05. The Balaban J connectivity index is 2.71. The quantitative estimate of drug-likeness (QED) is 0.659. The highest BCUT2D eigenvalue weighted by molar-refractivity contribution is 5.83. The molecule has 3 nitrogen and oxygen atoms in total. The topological polar surface area (TPSA) is 32.3 Å². The summed E-state index contributed by atoms with van der Waals surface area (Å²) in [5, 5.41) is 3.06. The predicted octanol–water partition coefficient (Wildman–Crippen LogP) is 0.995. The highest BCUT2D eigenvalue weighted by Gasteiger charge is 2.33. The van der Waals surface area contributed by atoms with Gasteiger partial charge < -0.3 is 10.2 Å². The van der Waals surface area contributed by atoms with E-state index >= 15 is 0 Å². The van der Waals surface area contributed by atoms with E-state index in [4.69, 9.17) is 0 Å². The third kappa shape index (κ3) is 2.21. The van der Waals surface area contributed by atoms with Crippen LogP contribution >= 0.6 is 0 Å². The molecule has 1 rings (SSSR count). The second-order valence-corrected chi connectivity index (χ2v) is 4.64. The number of nitrogens with zero attached hydrogens (tertiary/aromatic N) is 1. The lowest BCUT2D eigenvalue weighted by molar-refractivity contribution is -0.141. The van der Waals surface area contributed by atoms with E-state index in [0.29, 0.717) is 0 Å². The van der Waals surface area contributed by atoms with Crippen molar-refractivity contribution in [1.82, 2.24) is 10.2 Å². The first-order valence-electron chi connectivity index (χ1n) is 4.95. The normalized spacial score (nSPS) is 25.1. The number of piperidine rings is 1. The van der Waals surface area contributed by atoms with Crippen molar-refractivity contribution in [2.75, 3.05) is 13.6 Å². The Hall–Kier alpha value is -0.570. The Bertz CT molecular complexity index is 196. The van der Waals surface area contributed by atoms with Crippen molar-refractivity contribution < 1.29 is 4.79 Å². The largest absolute Gasteiger partial charge is 0.337 e. The van der Waals surface area contributed by atoms with E-state index in [1.165, 1.54) is 0 Å². The van der Waals surface area contributed by atoms with E-state index in [-0.39, 0.29) is 17.5 Å². The fourth-order valence-corrected chi connectivity index (χ4v) is 1.81. The molecule has 1 saturated heterocycles. The third-order valence-electron chi connectivity index (χ3n) is 2.60. The number of amides is 1. The predicted molar refractivity (Wildman–Crippen MR) is 53.5 cm³/mol. The molecule has 3 heteroatoms. The Kier molecular flexibility index (Phi) is 2.96. The molecule has 1 aliphatic heterocycles. The van der Waals surface area contributed by atoms with E-state index in [9.17, 15) is 4.79 Å². The van der Waals surface area contributed by atoms with Crippen molar-refractivity contribution in [2.45, 2.75) is 45.2 Å². The molecule has 1 aliphatic rings. The van der Waals surface area contributed by atoms with Gasteiger partial charge in [-0.3, -0.25) is 4.79 Å². The van der Waals surface area contributed by atoms with Crippen molar-refractivity contribution in [1.29, 1.82) is 0 Å². The number of rotatable bonds is 1. The number of carbonyl (C=O) groups excluding carboxylic acids is 1. The number of hydrogen-bond acceptors (Lipinski definition) is 2. The minimum Gasteiger partial charge on any atom is -0.337 e. The summed E-state index contributed by atoms with van der Waals surface area (Å²) in [6.45, 7) is 7.16. The van der Waals surface area contributed by atoms with Gasteiger partial charge in [-0.2, -0.15) is 0 Å². The molecule has 0 radical (unpaired) electrons. The van der Waals surface area contributed by atoms with Gasteiger partial charge in [-0.25, -0.2) is 0 Å². The SMILES string of the molecule is CNC1CCCN(C(C)(C)C)C1=O. The van der Waals surface area contributed by atoms with Gasteiger partial charge in [0.15, 0.2) is 0 Å². The second-order valence-electron chi connectivity index (χ2n) is 4.64. The lowest BCUT2D eigenvalue weighted by Gasteiger charge is -2.41. The van der Waals surface area contributed by atoms with Crippen LogP contribution in [0.25, 0.3) is 0 Å². The average molecular weight is 184 g/mol. The lowest BCUT2D eigenvalue weighted by atomic mass is 9.97. The van der Waals surface area contributed by atoms with Gasteiger partial charge in [-0.1, -0.05) is 0 Å². The molecule has 1 atom stereocenters. The van der Waals surface area contributed by atoms with Crippen molar-refractivity contribution in [3.05, 3.63) is 0 Å². The van der Waals surface area contributed by atoms with Crippen LogP contribution in [0.15, 0.2) is 0 Å². The number of carbonyl (C=O) groups is 1. The van der Waals surface area contributed by atoms with Crippen molar-refractivity contribution >= 4 is 5.91 Å². The first kappa shape index (κ1) is 10.5. The fraction of sp³-hybridized carbons (Fsp3) is 0.900. The Morgan fingerprint density at radius 1 is 1.46 bits per heavy atom. The number of likely N-dealkylation sites (tertiary alicyclic amines) is 1. The number of likely N-dealkylation sites (N-methyl/N-ethyl adjacent to an activating group) is 1. The number of nitrogens with one attached hydrogen (secondary N) is 1. The van der Waals surface area contributed by atoms with Crippen LogP contribution in [0.2, 0.25) is 0 Å². The smallest absolute Gasteiger partial charge is 0.240 e. The molecule has 0 bridgehead atoms. The highest BCUT2D eigenvalue weighted by atomic mass is 16.2. The molecule has 76 valence electrons. The fourth-order valence-electron chi connectivity index (χ4n) is 1.81. The maximum absolute atomic E-state index is 11.9. The zero-order valence-electron chi connectivity index (χ0n) is 9.05. The van der Waals surface area contributed by atoms with Gasteiger partial charge in [0, 0.05) is 12.1 Å². The van der Waals surface area contributed by atoms with Crippen molar-refractivity contribution in [2.24, 2.45) is 0 Å². The molecule has 1 fully saturated rings. The molecule has 0 aromatic heterocycles. The zero-order chi connectivity index (χ0) is 10.1. The molecule has 0 aromatic carbocycles. The van der Waals surface area contributed by atoms with Crippen molar-refractivity contribution in [3.8, 4) is 0 Å². The molecular weight excluding hydrogens is 164 g/mol. The van der Waals surface area contributed by atoms with Gasteiger partial charge in [-0.05, 0) is 40.7 Å². The standard InChI is InChI=1S/C10H20N2O/c1-10(2,3)12-7-5-6-8(11-4)9(12)13/h8,11H,5-7H2,1-4H3. The van der Waals surface area contributed by atoms with Crippen LogP contribution in [-0.4, -0.2) is 36.0 Å². The molecule has 0 aliphatic carbocycles. The van der Waals surface area contributed by atoms with Crippen LogP contribution in [-0.2, 0) is 4.79 Å². The minimum atomic E-state index is -0.0351. The molecule has 1 amide bonds. The molecule has 1 heterocycles. The lowest BCUT2D eigenvalue weighted by Crippen LogP contribution is -2.56. The van der Waals surface area contributed by atoms with Gasteiger partial charge in [-0.15, -0.1) is 0 Å². The first-order valence-corrected chi connectivity index (χ1v) is 4.95. The summed E-state index contributed by atoms with van der Waals surface area (Å²) < 4.78 is 0. The molecule has 1 unspecified atom stereocenters. The van der Waals surface area contributed by atoms with E-state index < -0.39 is 0 Å². The summed E-state index contributed by atoms with van der Waals surface area (Å²) in [5.41, 5.74) is -0.0351. The maximum Gasteiger partial charge on any atom is 0.240 e. The second kappa shape index (κ2) is 3.66. The Labute approximate surface area is 80.5 Å². The Morgan fingerprint density at radius 3 is 2.54 bits per heavy atom. The molecule has 0 saturated carbocycles. The summed E-state index contributed by atoms with van der Waals surface area (Å²) in [4.78, 5) is 13.8. The molecule has 0 spiro atoms. The highest BCUT2D eigenvalue weighted by Crippen LogP contribution is 2.20. The monoisotopic (exact) mass is 184 g/mol. The van der Waals surface area contributed by atoms with Gasteiger partial charge in [0.25, 0.3) is 0 Å². The van der Waals surface area contributed by atoms with Gasteiger partial charge in [0.2, 0.25) is 5.91 Å².